The van der Waals surface area contributed by atoms with Crippen LogP contribution < -0.4 is 4.90 Å². The smallest absolute Gasteiger partial charge is 0.225 e. The number of rotatable bonds is 3. The van der Waals surface area contributed by atoms with Gasteiger partial charge in [-0.3, -0.25) is 4.57 Å². The molecule has 2 heterocycles. The Kier molecular flexibility index (Phi) is 3.60. The molecule has 0 aliphatic carbocycles. The van der Waals surface area contributed by atoms with Gasteiger partial charge in [-0.15, -0.1) is 5.10 Å². The average Bonchev–Trinajstić information content (AvgIpc) is 2.61. The highest BCUT2D eigenvalue weighted by atomic mass is 32.1. The molecule has 1 aromatic rings. The van der Waals surface area contributed by atoms with Gasteiger partial charge in [0.25, 0.3) is 0 Å². The van der Waals surface area contributed by atoms with E-state index in [1.807, 2.05) is 0 Å². The predicted molar refractivity (Wildman–Crippen MR) is 65.3 cm³/mol. The molecule has 0 bridgehead atoms. The van der Waals surface area contributed by atoms with Crippen molar-refractivity contribution in [3.63, 3.8) is 0 Å². The van der Waals surface area contributed by atoms with Gasteiger partial charge in [0, 0.05) is 19.6 Å². The van der Waals surface area contributed by atoms with Crippen molar-refractivity contribution >= 4 is 18.2 Å². The van der Waals surface area contributed by atoms with Crippen molar-refractivity contribution in [2.24, 2.45) is 5.92 Å². The van der Waals surface area contributed by atoms with E-state index in [9.17, 15) is 0 Å². The number of anilines is 1. The maximum Gasteiger partial charge on any atom is 0.225 e. The summed E-state index contributed by atoms with van der Waals surface area (Å²) in [5, 5.41) is 7.18. The summed E-state index contributed by atoms with van der Waals surface area (Å²) < 4.78 is 8.11. The first-order valence-electron chi connectivity index (χ1n) is 5.66. The summed E-state index contributed by atoms with van der Waals surface area (Å²) >= 11 is 5.25. The molecule has 1 aromatic heterocycles. The van der Waals surface area contributed by atoms with Crippen LogP contribution in [0.15, 0.2) is 0 Å². The zero-order valence-electron chi connectivity index (χ0n) is 9.77. The van der Waals surface area contributed by atoms with E-state index in [0.717, 1.165) is 38.8 Å². The lowest BCUT2D eigenvalue weighted by molar-refractivity contribution is 0.121. The van der Waals surface area contributed by atoms with Crippen LogP contribution in [0.4, 0.5) is 5.95 Å². The van der Waals surface area contributed by atoms with E-state index in [2.05, 4.69) is 33.5 Å². The Morgan fingerprint density at radius 2 is 2.12 bits per heavy atom. The Bertz CT molecular complexity index is 392. The third-order valence-electron chi connectivity index (χ3n) is 2.58. The van der Waals surface area contributed by atoms with Crippen molar-refractivity contribution in [2.75, 3.05) is 31.2 Å². The van der Waals surface area contributed by atoms with Crippen LogP contribution >= 0.6 is 12.2 Å². The quantitative estimate of drug-likeness (QED) is 0.815. The first-order chi connectivity index (χ1) is 7.68. The Morgan fingerprint density at radius 3 is 2.75 bits per heavy atom. The molecular weight excluding hydrogens is 224 g/mol. The summed E-state index contributed by atoms with van der Waals surface area (Å²) in [5.74, 6) is 1.51. The van der Waals surface area contributed by atoms with E-state index in [4.69, 9.17) is 17.0 Å². The molecule has 0 amide bonds. The third-order valence-corrected chi connectivity index (χ3v) is 2.89. The van der Waals surface area contributed by atoms with Crippen molar-refractivity contribution in [3.8, 4) is 0 Å². The predicted octanol–water partition coefficient (Wildman–Crippen LogP) is 1.43. The molecular formula is C10H18N4OS. The first kappa shape index (κ1) is 11.6. The van der Waals surface area contributed by atoms with Crippen LogP contribution in [0.2, 0.25) is 0 Å². The molecule has 90 valence electrons. The third kappa shape index (κ3) is 2.44. The van der Waals surface area contributed by atoms with Crippen molar-refractivity contribution in [1.82, 2.24) is 14.8 Å². The summed E-state index contributed by atoms with van der Waals surface area (Å²) in [5.41, 5.74) is 0. The molecule has 0 unspecified atom stereocenters. The second kappa shape index (κ2) is 4.97. The maximum atomic E-state index is 5.33. The number of aromatic amines is 1. The van der Waals surface area contributed by atoms with Crippen molar-refractivity contribution in [3.05, 3.63) is 4.77 Å². The number of nitrogens with one attached hydrogen (secondary N) is 1. The van der Waals surface area contributed by atoms with Gasteiger partial charge in [-0.05, 0) is 18.1 Å². The van der Waals surface area contributed by atoms with Gasteiger partial charge in [-0.1, -0.05) is 13.8 Å². The fraction of sp³-hybridized carbons (Fsp3) is 0.800. The molecule has 0 radical (unpaired) electrons. The number of nitrogens with zero attached hydrogens (tertiary/aromatic N) is 3. The first-order valence-corrected chi connectivity index (χ1v) is 6.07. The van der Waals surface area contributed by atoms with Gasteiger partial charge in [0.2, 0.25) is 5.95 Å². The van der Waals surface area contributed by atoms with Crippen molar-refractivity contribution < 1.29 is 4.74 Å². The minimum absolute atomic E-state index is 0.559. The van der Waals surface area contributed by atoms with E-state index in [1.165, 1.54) is 0 Å². The van der Waals surface area contributed by atoms with E-state index in [1.54, 1.807) is 0 Å². The summed E-state index contributed by atoms with van der Waals surface area (Å²) in [6.07, 6.45) is 0. The van der Waals surface area contributed by atoms with Crippen molar-refractivity contribution in [1.29, 1.82) is 0 Å². The maximum absolute atomic E-state index is 5.33. The number of H-pyrrole nitrogens is 1. The SMILES string of the molecule is CC(C)Cn1c(N2CCOCC2)n[nH]c1=S. The second-order valence-electron chi connectivity index (χ2n) is 4.43. The van der Waals surface area contributed by atoms with Crippen molar-refractivity contribution in [2.45, 2.75) is 20.4 Å². The topological polar surface area (TPSA) is 46.1 Å². The van der Waals surface area contributed by atoms with Gasteiger partial charge in [0.1, 0.15) is 0 Å². The Labute approximate surface area is 100 Å². The van der Waals surface area contributed by atoms with Gasteiger partial charge in [-0.2, -0.15) is 0 Å². The van der Waals surface area contributed by atoms with Crippen LogP contribution in [-0.2, 0) is 11.3 Å². The van der Waals surface area contributed by atoms with Gasteiger partial charge < -0.3 is 9.64 Å². The van der Waals surface area contributed by atoms with E-state index < -0.39 is 0 Å². The minimum Gasteiger partial charge on any atom is -0.378 e. The highest BCUT2D eigenvalue weighted by Crippen LogP contribution is 2.15. The molecule has 16 heavy (non-hydrogen) atoms. The average molecular weight is 242 g/mol. The molecule has 5 nitrogen and oxygen atoms in total. The molecule has 0 spiro atoms. The zero-order chi connectivity index (χ0) is 11.5. The molecule has 0 atom stereocenters. The minimum atomic E-state index is 0.559. The van der Waals surface area contributed by atoms with E-state index >= 15 is 0 Å². The number of aromatic nitrogens is 3. The van der Waals surface area contributed by atoms with E-state index in [0.29, 0.717) is 10.7 Å². The van der Waals surface area contributed by atoms with Crippen LogP contribution in [0.3, 0.4) is 0 Å². The molecule has 1 saturated heterocycles. The van der Waals surface area contributed by atoms with Crippen LogP contribution in [-0.4, -0.2) is 41.1 Å². The molecule has 1 aliphatic rings. The van der Waals surface area contributed by atoms with Crippen LogP contribution in [0.5, 0.6) is 0 Å². The summed E-state index contributed by atoms with van der Waals surface area (Å²) in [6, 6.07) is 0. The van der Waals surface area contributed by atoms with Gasteiger partial charge in [-0.25, -0.2) is 5.10 Å². The zero-order valence-corrected chi connectivity index (χ0v) is 10.6. The number of ether oxygens (including phenoxy) is 1. The molecule has 2 rings (SSSR count). The van der Waals surface area contributed by atoms with Gasteiger partial charge in [0.05, 0.1) is 13.2 Å². The van der Waals surface area contributed by atoms with Crippen LogP contribution in [0.25, 0.3) is 0 Å². The van der Waals surface area contributed by atoms with E-state index in [-0.39, 0.29) is 0 Å². The highest BCUT2D eigenvalue weighted by molar-refractivity contribution is 7.71. The lowest BCUT2D eigenvalue weighted by atomic mass is 10.2. The fourth-order valence-corrected chi connectivity index (χ4v) is 2.05. The number of hydrogen-bond acceptors (Lipinski definition) is 4. The molecule has 0 saturated carbocycles. The lowest BCUT2D eigenvalue weighted by Gasteiger charge is -2.27. The molecule has 6 heteroatoms. The normalized spacial score (nSPS) is 17.1. The highest BCUT2D eigenvalue weighted by Gasteiger charge is 2.17. The summed E-state index contributed by atoms with van der Waals surface area (Å²) in [6.45, 7) is 8.57. The van der Waals surface area contributed by atoms with Crippen LogP contribution in [0.1, 0.15) is 13.8 Å². The standard InChI is InChI=1S/C10H18N4OS/c1-8(2)7-14-9(11-12-10(14)16)13-3-5-15-6-4-13/h8H,3-7H2,1-2H3,(H,12,16). The van der Waals surface area contributed by atoms with Crippen LogP contribution in [0, 0.1) is 10.7 Å². The largest absolute Gasteiger partial charge is 0.378 e. The monoisotopic (exact) mass is 242 g/mol. The Hall–Kier alpha value is -0.880. The number of morpholine rings is 1. The molecule has 1 fully saturated rings. The summed E-state index contributed by atoms with van der Waals surface area (Å²) in [7, 11) is 0. The molecule has 0 aromatic carbocycles. The summed E-state index contributed by atoms with van der Waals surface area (Å²) in [4.78, 5) is 2.22. The fourth-order valence-electron chi connectivity index (χ4n) is 1.84. The van der Waals surface area contributed by atoms with Gasteiger partial charge in [0.15, 0.2) is 4.77 Å². The Morgan fingerprint density at radius 1 is 1.44 bits per heavy atom. The second-order valence-corrected chi connectivity index (χ2v) is 4.82. The van der Waals surface area contributed by atoms with Gasteiger partial charge >= 0.3 is 0 Å². The molecule has 1 N–H and O–H groups in total. The molecule has 1 aliphatic heterocycles. The number of hydrogen-bond donors (Lipinski definition) is 1. The Balaban J connectivity index is 2.22. The lowest BCUT2D eigenvalue weighted by Crippen LogP contribution is -2.38.